The van der Waals surface area contributed by atoms with Gasteiger partial charge in [0.2, 0.25) is 5.91 Å². The van der Waals surface area contributed by atoms with Gasteiger partial charge in [-0.05, 0) is 86.5 Å². The molecular weight excluding hydrogens is 464 g/mol. The number of carbonyl (C=O) groups excluding carboxylic acids is 1. The summed E-state index contributed by atoms with van der Waals surface area (Å²) in [5.74, 6) is 1.92. The van der Waals surface area contributed by atoms with E-state index >= 15 is 0 Å². The molecule has 3 aromatic heterocycles. The van der Waals surface area contributed by atoms with Gasteiger partial charge in [-0.15, -0.1) is 10.2 Å². The van der Waals surface area contributed by atoms with Crippen molar-refractivity contribution in [2.24, 2.45) is 5.92 Å². The van der Waals surface area contributed by atoms with Crippen LogP contribution in [0.3, 0.4) is 0 Å². The zero-order valence-corrected chi connectivity index (χ0v) is 22.8. The predicted octanol–water partition coefficient (Wildman–Crippen LogP) is 4.80. The largest absolute Gasteiger partial charge is 0.493 e. The highest BCUT2D eigenvalue weighted by Crippen LogP contribution is 2.39. The van der Waals surface area contributed by atoms with E-state index in [4.69, 9.17) is 4.74 Å². The topological polar surface area (TPSA) is 78.8 Å². The highest BCUT2D eigenvalue weighted by molar-refractivity contribution is 5.93. The number of benzene rings is 1. The number of fused-ring (bicyclic) bond motifs is 2. The minimum atomic E-state index is 0.168. The molecule has 1 saturated heterocycles. The average Bonchev–Trinajstić information content (AvgIpc) is 3.50. The van der Waals surface area contributed by atoms with Crippen LogP contribution in [0.4, 0.5) is 0 Å². The first-order chi connectivity index (χ1) is 17.7. The van der Waals surface area contributed by atoms with Gasteiger partial charge in [-0.1, -0.05) is 13.8 Å². The lowest BCUT2D eigenvalue weighted by Crippen LogP contribution is -2.41. The predicted molar refractivity (Wildman–Crippen MR) is 147 cm³/mol. The Kier molecular flexibility index (Phi) is 6.94. The molecule has 1 aliphatic rings. The molecule has 0 bridgehead atoms. The summed E-state index contributed by atoms with van der Waals surface area (Å²) in [4.78, 5) is 19.6. The van der Waals surface area contributed by atoms with Crippen LogP contribution in [0.25, 0.3) is 27.8 Å². The first kappa shape index (κ1) is 25.3. The number of nitrogens with one attached hydrogen (secondary N) is 1. The maximum absolute atomic E-state index is 12.0. The number of piperidine rings is 1. The van der Waals surface area contributed by atoms with E-state index in [9.17, 15) is 4.79 Å². The van der Waals surface area contributed by atoms with Crippen LogP contribution in [0.5, 0.6) is 5.75 Å². The number of aromatic nitrogens is 4. The second kappa shape index (κ2) is 10.2. The summed E-state index contributed by atoms with van der Waals surface area (Å²) in [6.07, 6.45) is 6.00. The molecule has 1 N–H and O–H groups in total. The van der Waals surface area contributed by atoms with E-state index in [0.29, 0.717) is 25.0 Å². The van der Waals surface area contributed by atoms with Crippen LogP contribution in [-0.2, 0) is 4.79 Å². The molecule has 0 spiro atoms. The normalized spacial score (nSPS) is 15.2. The van der Waals surface area contributed by atoms with E-state index in [1.165, 1.54) is 22.1 Å². The highest BCUT2D eigenvalue weighted by Gasteiger charge is 2.23. The maximum Gasteiger partial charge on any atom is 0.236 e. The molecule has 5 rings (SSSR count). The Balaban J connectivity index is 1.35. The van der Waals surface area contributed by atoms with Crippen LogP contribution in [-0.4, -0.2) is 75.6 Å². The number of amides is 1. The number of H-pyrrole nitrogens is 1. The second-order valence-corrected chi connectivity index (χ2v) is 10.9. The summed E-state index contributed by atoms with van der Waals surface area (Å²) in [7, 11) is 3.63. The van der Waals surface area contributed by atoms with Crippen molar-refractivity contribution in [3.05, 3.63) is 47.4 Å². The number of rotatable bonds is 7. The monoisotopic (exact) mass is 502 g/mol. The van der Waals surface area contributed by atoms with Crippen molar-refractivity contribution in [1.29, 1.82) is 0 Å². The molecule has 1 aromatic carbocycles. The van der Waals surface area contributed by atoms with Gasteiger partial charge in [0.05, 0.1) is 18.8 Å². The molecule has 4 heterocycles. The molecular formula is C29H38N6O2. The van der Waals surface area contributed by atoms with E-state index in [-0.39, 0.29) is 5.91 Å². The van der Waals surface area contributed by atoms with Crippen molar-refractivity contribution in [3.63, 3.8) is 0 Å². The molecule has 0 unspecified atom stereocenters. The SMILES string of the molecule is Cc1c(-c2[nH]c3ccc(OCC4CCN(CC(=O)N(C)C)CC4)cc3c2C(C)C)cn2cnnc2c1C. The summed E-state index contributed by atoms with van der Waals surface area (Å²) in [5, 5.41) is 9.58. The van der Waals surface area contributed by atoms with Gasteiger partial charge < -0.3 is 14.6 Å². The highest BCUT2D eigenvalue weighted by atomic mass is 16.5. The molecule has 1 amide bonds. The third-order valence-electron chi connectivity index (χ3n) is 7.85. The molecule has 8 heteroatoms. The van der Waals surface area contributed by atoms with Gasteiger partial charge in [0, 0.05) is 36.8 Å². The van der Waals surface area contributed by atoms with Crippen molar-refractivity contribution in [1.82, 2.24) is 29.4 Å². The first-order valence-corrected chi connectivity index (χ1v) is 13.2. The number of likely N-dealkylation sites (N-methyl/N-ethyl adjacent to an activating group) is 1. The van der Waals surface area contributed by atoms with Crippen LogP contribution < -0.4 is 4.74 Å². The minimum Gasteiger partial charge on any atom is -0.493 e. The number of ether oxygens (including phenoxy) is 1. The van der Waals surface area contributed by atoms with E-state index < -0.39 is 0 Å². The maximum atomic E-state index is 12.0. The number of hydrogen-bond donors (Lipinski definition) is 1. The third-order valence-corrected chi connectivity index (χ3v) is 7.85. The van der Waals surface area contributed by atoms with E-state index in [1.807, 2.05) is 18.5 Å². The lowest BCUT2D eigenvalue weighted by Gasteiger charge is -2.31. The Morgan fingerprint density at radius 3 is 2.65 bits per heavy atom. The van der Waals surface area contributed by atoms with Crippen LogP contribution >= 0.6 is 0 Å². The molecule has 0 atom stereocenters. The smallest absolute Gasteiger partial charge is 0.236 e. The number of pyridine rings is 1. The Morgan fingerprint density at radius 2 is 1.95 bits per heavy atom. The van der Waals surface area contributed by atoms with Gasteiger partial charge in [0.15, 0.2) is 5.65 Å². The molecule has 1 aliphatic heterocycles. The molecule has 1 fully saturated rings. The molecule has 8 nitrogen and oxygen atoms in total. The first-order valence-electron chi connectivity index (χ1n) is 13.2. The zero-order valence-electron chi connectivity index (χ0n) is 22.8. The van der Waals surface area contributed by atoms with Gasteiger partial charge in [-0.25, -0.2) is 0 Å². The van der Waals surface area contributed by atoms with E-state index in [0.717, 1.165) is 54.1 Å². The average molecular weight is 503 g/mol. The molecule has 4 aromatic rings. The number of carbonyl (C=O) groups is 1. The van der Waals surface area contributed by atoms with Crippen LogP contribution in [0, 0.1) is 19.8 Å². The second-order valence-electron chi connectivity index (χ2n) is 10.9. The van der Waals surface area contributed by atoms with Gasteiger partial charge in [0.1, 0.15) is 12.1 Å². The van der Waals surface area contributed by atoms with Gasteiger partial charge in [-0.2, -0.15) is 0 Å². The number of aromatic amines is 1. The third kappa shape index (κ3) is 4.94. The van der Waals surface area contributed by atoms with Crippen molar-refractivity contribution < 1.29 is 9.53 Å². The number of likely N-dealkylation sites (tertiary alicyclic amines) is 1. The molecule has 0 radical (unpaired) electrons. The zero-order chi connectivity index (χ0) is 26.3. The van der Waals surface area contributed by atoms with Crippen LogP contribution in [0.2, 0.25) is 0 Å². The van der Waals surface area contributed by atoms with Gasteiger partial charge in [-0.3, -0.25) is 14.1 Å². The summed E-state index contributed by atoms with van der Waals surface area (Å²) in [6, 6.07) is 6.39. The Bertz CT molecular complexity index is 1430. The molecule has 37 heavy (non-hydrogen) atoms. The summed E-state index contributed by atoms with van der Waals surface area (Å²) < 4.78 is 8.32. The molecule has 0 aliphatic carbocycles. The summed E-state index contributed by atoms with van der Waals surface area (Å²) in [5.41, 5.74) is 7.99. The van der Waals surface area contributed by atoms with E-state index in [1.54, 1.807) is 11.2 Å². The summed E-state index contributed by atoms with van der Waals surface area (Å²) in [6.45, 7) is 11.9. The Labute approximate surface area is 218 Å². The van der Waals surface area contributed by atoms with Crippen molar-refractivity contribution in [3.8, 4) is 17.0 Å². The van der Waals surface area contributed by atoms with Crippen molar-refractivity contribution in [2.45, 2.75) is 46.5 Å². The van der Waals surface area contributed by atoms with Crippen molar-refractivity contribution in [2.75, 3.05) is 40.3 Å². The fraction of sp³-hybridized carbons (Fsp3) is 0.483. The number of nitrogens with zero attached hydrogens (tertiary/aromatic N) is 5. The Hall–Kier alpha value is -3.39. The fourth-order valence-corrected chi connectivity index (χ4v) is 5.42. The lowest BCUT2D eigenvalue weighted by molar-refractivity contribution is -0.130. The quantitative estimate of drug-likeness (QED) is 0.393. The van der Waals surface area contributed by atoms with Gasteiger partial charge in [0.25, 0.3) is 0 Å². The number of aryl methyl sites for hydroxylation is 1. The van der Waals surface area contributed by atoms with Crippen molar-refractivity contribution >= 4 is 22.5 Å². The number of hydrogen-bond acceptors (Lipinski definition) is 5. The van der Waals surface area contributed by atoms with Gasteiger partial charge >= 0.3 is 0 Å². The molecule has 196 valence electrons. The lowest BCUT2D eigenvalue weighted by atomic mass is 9.94. The fourth-order valence-electron chi connectivity index (χ4n) is 5.42. The van der Waals surface area contributed by atoms with E-state index in [2.05, 4.69) is 72.2 Å². The minimum absolute atomic E-state index is 0.168. The van der Waals surface area contributed by atoms with Crippen LogP contribution in [0.15, 0.2) is 30.7 Å². The summed E-state index contributed by atoms with van der Waals surface area (Å²) >= 11 is 0. The Morgan fingerprint density at radius 1 is 1.19 bits per heavy atom. The van der Waals surface area contributed by atoms with Crippen LogP contribution in [0.1, 0.15) is 49.3 Å². The standard InChI is InChI=1S/C29H38N6O2/c1-18(2)27-23-13-22(37-16-21-9-11-34(12-10-21)15-26(36)33(5)6)7-8-25(23)31-28(27)24-14-35-17-30-32-29(35)20(4)19(24)3/h7-8,13-14,17-18,21,31H,9-12,15-16H2,1-6H3. The molecule has 0 saturated carbocycles.